The largest absolute Gasteiger partial charge is 0.489 e. The number of ether oxygens (including phenoxy) is 1. The van der Waals surface area contributed by atoms with Gasteiger partial charge < -0.3 is 19.9 Å². The van der Waals surface area contributed by atoms with E-state index < -0.39 is 0 Å². The van der Waals surface area contributed by atoms with Crippen LogP contribution < -0.4 is 15.4 Å². The quantitative estimate of drug-likeness (QED) is 0.373. The number of halogens is 2. The number of guanidine groups is 1. The number of aliphatic imine (C=N–C) groups is 1. The minimum atomic E-state index is -0.0212. The average molecular weight is 465 g/mol. The van der Waals surface area contributed by atoms with Crippen LogP contribution in [0.1, 0.15) is 19.5 Å². The molecule has 0 spiro atoms. The number of aromatic nitrogens is 1. The first-order valence-electron chi connectivity index (χ1n) is 7.51. The smallest absolute Gasteiger partial charge is 0.191 e. The minimum Gasteiger partial charge on any atom is -0.489 e. The Bertz CT molecular complexity index is 605. The van der Waals surface area contributed by atoms with Crippen LogP contribution in [-0.2, 0) is 6.54 Å². The SMILES string of the molecule is CCNC(=NCc1ccon1)NCC(C)Oc1ccc(Cl)cc1.I. The number of rotatable bonds is 7. The van der Waals surface area contributed by atoms with Crippen molar-refractivity contribution in [2.45, 2.75) is 26.5 Å². The van der Waals surface area contributed by atoms with E-state index in [0.717, 1.165) is 18.0 Å². The fourth-order valence-corrected chi connectivity index (χ4v) is 1.97. The van der Waals surface area contributed by atoms with Gasteiger partial charge in [0.15, 0.2) is 5.96 Å². The molecule has 2 N–H and O–H groups in total. The first-order valence-corrected chi connectivity index (χ1v) is 7.89. The monoisotopic (exact) mass is 464 g/mol. The van der Waals surface area contributed by atoms with Crippen molar-refractivity contribution in [2.24, 2.45) is 4.99 Å². The van der Waals surface area contributed by atoms with Gasteiger partial charge in [0.1, 0.15) is 23.8 Å². The summed E-state index contributed by atoms with van der Waals surface area (Å²) >= 11 is 5.86. The van der Waals surface area contributed by atoms with Gasteiger partial charge in [-0.3, -0.25) is 0 Å². The molecule has 132 valence electrons. The zero-order chi connectivity index (χ0) is 16.5. The molecule has 1 unspecified atom stereocenters. The average Bonchev–Trinajstić information content (AvgIpc) is 3.06. The Kier molecular flexibility index (Phi) is 9.55. The topological polar surface area (TPSA) is 71.7 Å². The number of hydrogen-bond acceptors (Lipinski definition) is 4. The van der Waals surface area contributed by atoms with E-state index in [-0.39, 0.29) is 30.1 Å². The number of benzene rings is 1. The zero-order valence-electron chi connectivity index (χ0n) is 13.7. The summed E-state index contributed by atoms with van der Waals surface area (Å²) in [4.78, 5) is 4.45. The summed E-state index contributed by atoms with van der Waals surface area (Å²) in [6.07, 6.45) is 1.51. The third kappa shape index (κ3) is 7.39. The van der Waals surface area contributed by atoms with Crippen molar-refractivity contribution >= 4 is 41.5 Å². The summed E-state index contributed by atoms with van der Waals surface area (Å²) in [6.45, 7) is 5.85. The predicted octanol–water partition coefficient (Wildman–Crippen LogP) is 3.47. The molecule has 1 aromatic carbocycles. The lowest BCUT2D eigenvalue weighted by molar-refractivity contribution is 0.224. The van der Waals surface area contributed by atoms with Gasteiger partial charge in [0.2, 0.25) is 0 Å². The molecule has 0 radical (unpaired) electrons. The third-order valence-electron chi connectivity index (χ3n) is 2.94. The Hall–Kier alpha value is -1.48. The van der Waals surface area contributed by atoms with Crippen molar-refractivity contribution in [3.05, 3.63) is 47.3 Å². The lowest BCUT2D eigenvalue weighted by Gasteiger charge is -2.17. The van der Waals surface area contributed by atoms with Gasteiger partial charge in [0.05, 0.1) is 13.1 Å². The number of hydrogen-bond donors (Lipinski definition) is 2. The Labute approximate surface area is 164 Å². The van der Waals surface area contributed by atoms with Gasteiger partial charge in [-0.05, 0) is 38.1 Å². The molecular weight excluding hydrogens is 443 g/mol. The molecule has 2 aromatic rings. The Balaban J connectivity index is 0.00000288. The van der Waals surface area contributed by atoms with Crippen LogP contribution in [-0.4, -0.2) is 30.3 Å². The molecular formula is C16H22ClIN4O2. The van der Waals surface area contributed by atoms with Crippen molar-refractivity contribution in [3.63, 3.8) is 0 Å². The normalized spacial score (nSPS) is 12.2. The van der Waals surface area contributed by atoms with Crippen LogP contribution in [0.2, 0.25) is 5.02 Å². The summed E-state index contributed by atoms with van der Waals surface area (Å²) < 4.78 is 10.6. The van der Waals surface area contributed by atoms with Gasteiger partial charge in [0, 0.05) is 17.6 Å². The molecule has 0 aliphatic heterocycles. The summed E-state index contributed by atoms with van der Waals surface area (Å²) in [5.74, 6) is 1.50. The van der Waals surface area contributed by atoms with Gasteiger partial charge in [-0.15, -0.1) is 24.0 Å². The van der Waals surface area contributed by atoms with Gasteiger partial charge >= 0.3 is 0 Å². The molecule has 2 rings (SSSR count). The fraction of sp³-hybridized carbons (Fsp3) is 0.375. The lowest BCUT2D eigenvalue weighted by atomic mass is 10.3. The van der Waals surface area contributed by atoms with E-state index in [2.05, 4.69) is 20.8 Å². The molecule has 0 aliphatic rings. The van der Waals surface area contributed by atoms with Gasteiger partial charge in [-0.1, -0.05) is 16.8 Å². The second kappa shape index (κ2) is 11.1. The first-order chi connectivity index (χ1) is 11.2. The van der Waals surface area contributed by atoms with Crippen LogP contribution >= 0.6 is 35.6 Å². The van der Waals surface area contributed by atoms with E-state index in [1.165, 1.54) is 6.26 Å². The van der Waals surface area contributed by atoms with Crippen molar-refractivity contribution in [1.82, 2.24) is 15.8 Å². The van der Waals surface area contributed by atoms with Crippen LogP contribution in [0.5, 0.6) is 5.75 Å². The predicted molar refractivity (Wildman–Crippen MR) is 106 cm³/mol. The van der Waals surface area contributed by atoms with E-state index in [1.807, 2.05) is 26.0 Å². The number of nitrogens with zero attached hydrogens (tertiary/aromatic N) is 2. The van der Waals surface area contributed by atoms with E-state index in [4.69, 9.17) is 20.9 Å². The molecule has 0 fully saturated rings. The van der Waals surface area contributed by atoms with Gasteiger partial charge in [-0.25, -0.2) is 4.99 Å². The maximum Gasteiger partial charge on any atom is 0.191 e. The molecule has 1 heterocycles. The lowest BCUT2D eigenvalue weighted by Crippen LogP contribution is -2.41. The third-order valence-corrected chi connectivity index (χ3v) is 3.19. The highest BCUT2D eigenvalue weighted by Crippen LogP contribution is 2.16. The maximum absolute atomic E-state index is 5.86. The van der Waals surface area contributed by atoms with Crippen molar-refractivity contribution in [2.75, 3.05) is 13.1 Å². The van der Waals surface area contributed by atoms with Crippen molar-refractivity contribution < 1.29 is 9.26 Å². The Morgan fingerprint density at radius 2 is 2.04 bits per heavy atom. The molecule has 0 amide bonds. The van der Waals surface area contributed by atoms with Crippen molar-refractivity contribution in [3.8, 4) is 5.75 Å². The minimum absolute atomic E-state index is 0. The van der Waals surface area contributed by atoms with Gasteiger partial charge in [0.25, 0.3) is 0 Å². The van der Waals surface area contributed by atoms with Crippen LogP contribution in [0.4, 0.5) is 0 Å². The summed E-state index contributed by atoms with van der Waals surface area (Å²) in [5.41, 5.74) is 0.785. The zero-order valence-corrected chi connectivity index (χ0v) is 16.7. The van der Waals surface area contributed by atoms with Crippen LogP contribution in [0.3, 0.4) is 0 Å². The molecule has 24 heavy (non-hydrogen) atoms. The number of nitrogens with one attached hydrogen (secondary N) is 2. The second-order valence-corrected chi connectivity index (χ2v) is 5.39. The maximum atomic E-state index is 5.86. The molecule has 0 saturated heterocycles. The standard InChI is InChI=1S/C16H21ClN4O2.HI/c1-3-18-16(20-11-14-8-9-22-21-14)19-10-12(2)23-15-6-4-13(17)5-7-15;/h4-9,12H,3,10-11H2,1-2H3,(H2,18,19,20);1H. The van der Waals surface area contributed by atoms with E-state index in [9.17, 15) is 0 Å². The van der Waals surface area contributed by atoms with E-state index >= 15 is 0 Å². The summed E-state index contributed by atoms with van der Waals surface area (Å²) in [5, 5.41) is 10.9. The molecule has 8 heteroatoms. The second-order valence-electron chi connectivity index (χ2n) is 4.95. The van der Waals surface area contributed by atoms with Crippen molar-refractivity contribution in [1.29, 1.82) is 0 Å². The molecule has 0 aliphatic carbocycles. The first kappa shape index (κ1) is 20.6. The summed E-state index contributed by atoms with van der Waals surface area (Å²) in [7, 11) is 0. The molecule has 1 atom stereocenters. The molecule has 1 aromatic heterocycles. The highest BCUT2D eigenvalue weighted by Gasteiger charge is 2.06. The highest BCUT2D eigenvalue weighted by molar-refractivity contribution is 14.0. The van der Waals surface area contributed by atoms with Crippen LogP contribution in [0.15, 0.2) is 46.1 Å². The van der Waals surface area contributed by atoms with Gasteiger partial charge in [-0.2, -0.15) is 0 Å². The Morgan fingerprint density at radius 1 is 1.29 bits per heavy atom. The molecule has 0 bridgehead atoms. The Morgan fingerprint density at radius 3 is 2.67 bits per heavy atom. The van der Waals surface area contributed by atoms with Crippen LogP contribution in [0.25, 0.3) is 0 Å². The molecule has 0 saturated carbocycles. The highest BCUT2D eigenvalue weighted by atomic mass is 127. The fourth-order valence-electron chi connectivity index (χ4n) is 1.85. The van der Waals surface area contributed by atoms with Crippen LogP contribution in [0, 0.1) is 0 Å². The van der Waals surface area contributed by atoms with E-state index in [1.54, 1.807) is 18.2 Å². The summed E-state index contributed by atoms with van der Waals surface area (Å²) in [6, 6.07) is 9.10. The molecule has 6 nitrogen and oxygen atoms in total. The van der Waals surface area contributed by atoms with E-state index in [0.29, 0.717) is 24.1 Å².